The fourth-order valence-electron chi connectivity index (χ4n) is 3.03. The first-order valence-electron chi connectivity index (χ1n) is 9.97. The first-order chi connectivity index (χ1) is 14.4. The quantitative estimate of drug-likeness (QED) is 0.383. The number of aromatic nitrogens is 1. The second-order valence-electron chi connectivity index (χ2n) is 7.52. The molecule has 0 atom stereocenters. The Morgan fingerprint density at radius 3 is 2.45 bits per heavy atom. The number of fused-ring (bicyclic) bond motifs is 1. The van der Waals surface area contributed by atoms with Gasteiger partial charge in [0.15, 0.2) is 5.13 Å². The monoisotopic (exact) mass is 479 g/mol. The Kier molecular flexibility index (Phi) is 9.62. The minimum absolute atomic E-state index is 0. The van der Waals surface area contributed by atoms with E-state index >= 15 is 0 Å². The number of benzene rings is 2. The number of ether oxygens (including phenoxy) is 1. The maximum absolute atomic E-state index is 13.1. The van der Waals surface area contributed by atoms with Crippen LogP contribution < -0.4 is 9.64 Å². The summed E-state index contributed by atoms with van der Waals surface area (Å²) in [5.41, 5.74) is 3.21. The Balaban J connectivity index is 0.00000341. The SMILES string of the molecule is COc1ccc(C)c2sc(N(CCN(C)C)C(=O)CCSc3ccc(C)cc3)nc12.Cl. The van der Waals surface area contributed by atoms with E-state index in [9.17, 15) is 4.79 Å². The van der Waals surface area contributed by atoms with Gasteiger partial charge in [-0.1, -0.05) is 35.1 Å². The van der Waals surface area contributed by atoms with E-state index in [1.807, 2.05) is 31.1 Å². The van der Waals surface area contributed by atoms with Crippen molar-refractivity contribution < 1.29 is 9.53 Å². The van der Waals surface area contributed by atoms with Crippen LogP contribution >= 0.6 is 35.5 Å². The number of thiazole rings is 1. The van der Waals surface area contributed by atoms with Crippen LogP contribution in [0.1, 0.15) is 17.5 Å². The molecule has 5 nitrogen and oxygen atoms in total. The lowest BCUT2D eigenvalue weighted by atomic mass is 10.2. The van der Waals surface area contributed by atoms with Crippen LogP contribution in [0.15, 0.2) is 41.3 Å². The highest BCUT2D eigenvalue weighted by molar-refractivity contribution is 7.99. The summed E-state index contributed by atoms with van der Waals surface area (Å²) in [5.74, 6) is 1.59. The van der Waals surface area contributed by atoms with Gasteiger partial charge in [0.1, 0.15) is 11.3 Å². The lowest BCUT2D eigenvalue weighted by Gasteiger charge is -2.22. The fourth-order valence-corrected chi connectivity index (χ4v) is 4.97. The van der Waals surface area contributed by atoms with Gasteiger partial charge in [0.25, 0.3) is 0 Å². The van der Waals surface area contributed by atoms with Gasteiger partial charge in [-0.3, -0.25) is 9.69 Å². The van der Waals surface area contributed by atoms with Crippen LogP contribution in [0.4, 0.5) is 5.13 Å². The van der Waals surface area contributed by atoms with Crippen LogP contribution in [0.5, 0.6) is 5.75 Å². The van der Waals surface area contributed by atoms with Gasteiger partial charge in [0.2, 0.25) is 5.91 Å². The number of halogens is 1. The van der Waals surface area contributed by atoms with Gasteiger partial charge in [-0.25, -0.2) is 4.98 Å². The molecular weight excluding hydrogens is 450 g/mol. The second kappa shape index (κ2) is 11.7. The molecule has 0 unspecified atom stereocenters. The van der Waals surface area contributed by atoms with E-state index in [-0.39, 0.29) is 18.3 Å². The number of nitrogens with zero attached hydrogens (tertiary/aromatic N) is 3. The average molecular weight is 480 g/mol. The molecular formula is C23H30ClN3O2S2. The van der Waals surface area contributed by atoms with Gasteiger partial charge in [-0.2, -0.15) is 0 Å². The van der Waals surface area contributed by atoms with Crippen LogP contribution in [-0.4, -0.2) is 55.8 Å². The molecule has 1 amide bonds. The summed E-state index contributed by atoms with van der Waals surface area (Å²) in [5, 5.41) is 0.741. The number of thioether (sulfide) groups is 1. The van der Waals surface area contributed by atoms with Crippen molar-refractivity contribution in [1.82, 2.24) is 9.88 Å². The predicted octanol–water partition coefficient (Wildman–Crippen LogP) is 5.42. The number of hydrogen-bond acceptors (Lipinski definition) is 6. The highest BCUT2D eigenvalue weighted by Crippen LogP contribution is 2.36. The zero-order chi connectivity index (χ0) is 21.7. The third kappa shape index (κ3) is 6.59. The number of aryl methyl sites for hydroxylation is 2. The molecule has 0 fully saturated rings. The molecule has 31 heavy (non-hydrogen) atoms. The molecule has 0 N–H and O–H groups in total. The highest BCUT2D eigenvalue weighted by Gasteiger charge is 2.21. The largest absolute Gasteiger partial charge is 0.494 e. The van der Waals surface area contributed by atoms with Crippen molar-refractivity contribution in [2.75, 3.05) is 44.9 Å². The molecule has 0 radical (unpaired) electrons. The number of carbonyl (C=O) groups excluding carboxylic acids is 1. The van der Waals surface area contributed by atoms with Gasteiger partial charge >= 0.3 is 0 Å². The van der Waals surface area contributed by atoms with E-state index in [0.29, 0.717) is 13.0 Å². The van der Waals surface area contributed by atoms with Gasteiger partial charge in [-0.15, -0.1) is 24.2 Å². The molecule has 168 valence electrons. The third-order valence-electron chi connectivity index (χ3n) is 4.82. The Labute approximate surface area is 199 Å². The second-order valence-corrected chi connectivity index (χ2v) is 9.66. The van der Waals surface area contributed by atoms with Crippen molar-refractivity contribution in [3.63, 3.8) is 0 Å². The minimum atomic E-state index is 0. The van der Waals surface area contributed by atoms with E-state index in [2.05, 4.69) is 43.0 Å². The number of methoxy groups -OCH3 is 1. The topological polar surface area (TPSA) is 45.7 Å². The Morgan fingerprint density at radius 2 is 1.81 bits per heavy atom. The van der Waals surface area contributed by atoms with Gasteiger partial charge in [0, 0.05) is 30.2 Å². The molecule has 3 aromatic rings. The van der Waals surface area contributed by atoms with Crippen molar-refractivity contribution in [3.8, 4) is 5.75 Å². The van der Waals surface area contributed by atoms with Crippen molar-refractivity contribution in [1.29, 1.82) is 0 Å². The molecule has 0 aliphatic rings. The van der Waals surface area contributed by atoms with E-state index in [4.69, 9.17) is 9.72 Å². The zero-order valence-corrected chi connectivity index (χ0v) is 21.1. The lowest BCUT2D eigenvalue weighted by molar-refractivity contribution is -0.118. The molecule has 0 aliphatic carbocycles. The normalized spacial score (nSPS) is 10.9. The number of carbonyl (C=O) groups is 1. The molecule has 2 aromatic carbocycles. The van der Waals surface area contributed by atoms with E-state index in [1.54, 1.807) is 30.2 Å². The molecule has 0 saturated carbocycles. The summed E-state index contributed by atoms with van der Waals surface area (Å²) in [6, 6.07) is 12.4. The standard InChI is InChI=1S/C23H29N3O2S2.ClH/c1-16-6-9-18(10-7-16)29-15-12-20(27)26(14-13-25(3)4)23-24-21-19(28-5)11-8-17(2)22(21)30-23;/h6-11H,12-15H2,1-5H3;1H. The smallest absolute Gasteiger partial charge is 0.229 e. The van der Waals surface area contributed by atoms with E-state index in [0.717, 1.165) is 39.0 Å². The van der Waals surface area contributed by atoms with Gasteiger partial charge in [-0.05, 0) is 51.7 Å². The summed E-state index contributed by atoms with van der Waals surface area (Å²) in [6.45, 7) is 5.54. The van der Waals surface area contributed by atoms with E-state index in [1.165, 1.54) is 10.5 Å². The van der Waals surface area contributed by atoms with Crippen LogP contribution in [0.2, 0.25) is 0 Å². The Morgan fingerprint density at radius 1 is 1.10 bits per heavy atom. The number of likely N-dealkylation sites (N-methyl/N-ethyl adjacent to an activating group) is 1. The molecule has 3 rings (SSSR count). The molecule has 0 spiro atoms. The average Bonchev–Trinajstić information content (AvgIpc) is 3.16. The number of hydrogen-bond donors (Lipinski definition) is 0. The first-order valence-corrected chi connectivity index (χ1v) is 11.8. The molecule has 0 aliphatic heterocycles. The predicted molar refractivity (Wildman–Crippen MR) is 136 cm³/mol. The number of anilines is 1. The Bertz CT molecular complexity index is 1010. The fraction of sp³-hybridized carbons (Fsp3) is 0.391. The molecule has 1 aromatic heterocycles. The maximum Gasteiger partial charge on any atom is 0.229 e. The van der Waals surface area contributed by atoms with Crippen molar-refractivity contribution in [2.24, 2.45) is 0 Å². The van der Waals surface area contributed by atoms with Gasteiger partial charge < -0.3 is 9.64 Å². The number of rotatable bonds is 9. The molecule has 8 heteroatoms. The summed E-state index contributed by atoms with van der Waals surface area (Å²) in [4.78, 5) is 23.0. The lowest BCUT2D eigenvalue weighted by Crippen LogP contribution is -2.36. The summed E-state index contributed by atoms with van der Waals surface area (Å²) < 4.78 is 6.56. The molecule has 1 heterocycles. The molecule has 0 saturated heterocycles. The van der Waals surface area contributed by atoms with Crippen LogP contribution in [0.3, 0.4) is 0 Å². The summed E-state index contributed by atoms with van der Waals surface area (Å²) in [6.07, 6.45) is 0.470. The van der Waals surface area contributed by atoms with Crippen LogP contribution in [0, 0.1) is 13.8 Å². The first kappa shape index (κ1) is 25.5. The number of amides is 1. The highest BCUT2D eigenvalue weighted by atomic mass is 35.5. The van der Waals surface area contributed by atoms with Crippen molar-refractivity contribution in [3.05, 3.63) is 47.5 Å². The van der Waals surface area contributed by atoms with Crippen LogP contribution in [-0.2, 0) is 4.79 Å². The zero-order valence-electron chi connectivity index (χ0n) is 18.7. The third-order valence-corrected chi connectivity index (χ3v) is 7.05. The summed E-state index contributed by atoms with van der Waals surface area (Å²) >= 11 is 3.27. The van der Waals surface area contributed by atoms with Gasteiger partial charge in [0.05, 0.1) is 11.8 Å². The van der Waals surface area contributed by atoms with Crippen molar-refractivity contribution in [2.45, 2.75) is 25.2 Å². The molecule has 0 bridgehead atoms. The summed E-state index contributed by atoms with van der Waals surface area (Å²) in [7, 11) is 5.68. The Hall–Kier alpha value is -1.80. The van der Waals surface area contributed by atoms with Crippen molar-refractivity contribution >= 4 is 56.8 Å². The van der Waals surface area contributed by atoms with Crippen LogP contribution in [0.25, 0.3) is 10.2 Å². The maximum atomic E-state index is 13.1. The van der Waals surface area contributed by atoms with E-state index < -0.39 is 0 Å². The minimum Gasteiger partial charge on any atom is -0.494 e.